The lowest BCUT2D eigenvalue weighted by Gasteiger charge is -2.40. The van der Waals surface area contributed by atoms with Gasteiger partial charge in [-0.1, -0.05) is 121 Å². The summed E-state index contributed by atoms with van der Waals surface area (Å²) in [6, 6.07) is 46.8. The van der Waals surface area contributed by atoms with Gasteiger partial charge >= 0.3 is 5.69 Å². The smallest absolute Gasteiger partial charge is 0.326 e. The number of nitrogens with one attached hydrogen (secondary N) is 3. The minimum Gasteiger partial charge on any atom is -0.392 e. The van der Waals surface area contributed by atoms with Gasteiger partial charge in [0.25, 0.3) is 0 Å². The van der Waals surface area contributed by atoms with Gasteiger partial charge in [0.2, 0.25) is 15.9 Å². The molecule has 0 aliphatic carbocycles. The van der Waals surface area contributed by atoms with Gasteiger partial charge in [-0.15, -0.1) is 0 Å². The van der Waals surface area contributed by atoms with Crippen LogP contribution in [0.2, 0.25) is 0 Å². The number of para-hydroxylation sites is 2. The fourth-order valence-electron chi connectivity index (χ4n) is 9.17. The highest BCUT2D eigenvalue weighted by Crippen LogP contribution is 2.39. The first-order chi connectivity index (χ1) is 32.1. The Morgan fingerprint density at radius 3 is 2.23 bits per heavy atom. The summed E-state index contributed by atoms with van der Waals surface area (Å²) in [7, 11) is -3.99. The summed E-state index contributed by atoms with van der Waals surface area (Å²) in [5.74, 6) is -0.433. The number of rotatable bonds is 15. The highest BCUT2D eigenvalue weighted by Gasteiger charge is 2.35. The number of fused-ring (bicyclic) bond motifs is 1. The number of benzene rings is 6. The molecule has 9 rings (SSSR count). The van der Waals surface area contributed by atoms with Crippen LogP contribution in [-0.4, -0.2) is 65.7 Å². The molecule has 4 unspecified atom stereocenters. The summed E-state index contributed by atoms with van der Waals surface area (Å²) < 4.78 is 45.0. The fraction of sp³-hybridized carbons (Fsp3) is 0.283. The molecule has 340 valence electrons. The Labute approximate surface area is 385 Å². The second-order valence-corrected chi connectivity index (χ2v) is 19.1. The number of hydrogen-bond donors (Lipinski definition) is 4. The summed E-state index contributed by atoms with van der Waals surface area (Å²) in [5, 5.41) is 12.7. The number of aliphatic hydroxyl groups is 1. The molecule has 0 bridgehead atoms. The molecule has 2 aliphatic rings. The molecule has 13 heteroatoms. The van der Waals surface area contributed by atoms with Gasteiger partial charge in [0.1, 0.15) is 6.04 Å². The maximum absolute atomic E-state index is 13.8. The SMILES string of the molecule is Cc1ccc(S(=O)(=O)NC(Cc2ccccc2)C(=O)NCc2cccc(-c3cccc(C4OC(CN5CCC(n6c(=O)[nH]c7ccccc76)CC5)CC(c5ccc(CO)cc5)O4)c3)c2)cc1. The third kappa shape index (κ3) is 10.6. The van der Waals surface area contributed by atoms with Crippen LogP contribution in [0.25, 0.3) is 22.2 Å². The number of hydrogen-bond acceptors (Lipinski definition) is 8. The molecule has 6 aromatic carbocycles. The zero-order chi connectivity index (χ0) is 45.6. The largest absolute Gasteiger partial charge is 0.392 e. The summed E-state index contributed by atoms with van der Waals surface area (Å²) >= 11 is 0. The number of sulfonamides is 1. The van der Waals surface area contributed by atoms with Crippen molar-refractivity contribution in [1.29, 1.82) is 0 Å². The number of imidazole rings is 1. The molecule has 0 saturated carbocycles. The highest BCUT2D eigenvalue weighted by molar-refractivity contribution is 7.89. The maximum atomic E-state index is 13.8. The number of carbonyl (C=O) groups excluding carboxylic acids is 1. The number of piperidine rings is 1. The second kappa shape index (κ2) is 20.1. The molecule has 7 aromatic rings. The van der Waals surface area contributed by atoms with Crippen LogP contribution in [0.3, 0.4) is 0 Å². The molecule has 0 radical (unpaired) electrons. The van der Waals surface area contributed by atoms with Crippen molar-refractivity contribution in [3.8, 4) is 11.1 Å². The van der Waals surface area contributed by atoms with Crippen LogP contribution in [0, 0.1) is 6.92 Å². The Balaban J connectivity index is 0.891. The Hall–Kier alpha value is -6.19. The molecule has 1 amide bonds. The van der Waals surface area contributed by atoms with Crippen molar-refractivity contribution in [2.75, 3.05) is 19.6 Å². The van der Waals surface area contributed by atoms with Crippen LogP contribution in [0.15, 0.2) is 161 Å². The van der Waals surface area contributed by atoms with Crippen LogP contribution in [-0.2, 0) is 43.9 Å². The number of aliphatic hydroxyl groups excluding tert-OH is 1. The van der Waals surface area contributed by atoms with Crippen molar-refractivity contribution >= 4 is 27.0 Å². The first-order valence-electron chi connectivity index (χ1n) is 22.6. The lowest BCUT2D eigenvalue weighted by molar-refractivity contribution is -0.253. The van der Waals surface area contributed by atoms with Crippen LogP contribution in [0.5, 0.6) is 0 Å². The number of carbonyl (C=O) groups is 1. The predicted octanol–water partition coefficient (Wildman–Crippen LogP) is 7.89. The van der Waals surface area contributed by atoms with E-state index >= 15 is 0 Å². The number of H-pyrrole nitrogens is 1. The average Bonchev–Trinajstić information content (AvgIpc) is 3.69. The quantitative estimate of drug-likeness (QED) is 0.0811. The number of aryl methyl sites for hydroxylation is 1. The van der Waals surface area contributed by atoms with E-state index in [1.165, 1.54) is 0 Å². The average molecular weight is 906 g/mol. The van der Waals surface area contributed by atoms with Crippen molar-refractivity contribution in [2.24, 2.45) is 0 Å². The van der Waals surface area contributed by atoms with Crippen molar-refractivity contribution in [3.05, 3.63) is 196 Å². The molecular formula is C53H55N5O7S. The molecule has 4 N–H and O–H groups in total. The van der Waals surface area contributed by atoms with Gasteiger partial charge in [0, 0.05) is 44.2 Å². The van der Waals surface area contributed by atoms with Gasteiger partial charge in [-0.25, -0.2) is 13.2 Å². The van der Waals surface area contributed by atoms with Crippen molar-refractivity contribution in [3.63, 3.8) is 0 Å². The van der Waals surface area contributed by atoms with E-state index in [0.717, 1.165) is 81.5 Å². The third-order valence-corrected chi connectivity index (χ3v) is 14.2. The number of likely N-dealkylation sites (tertiary alicyclic amines) is 1. The summed E-state index contributed by atoms with van der Waals surface area (Å²) in [5.41, 5.74) is 8.95. The van der Waals surface area contributed by atoms with Gasteiger partial charge in [-0.2, -0.15) is 4.72 Å². The van der Waals surface area contributed by atoms with Gasteiger partial charge in [0.05, 0.1) is 34.7 Å². The van der Waals surface area contributed by atoms with Crippen LogP contribution in [0.4, 0.5) is 0 Å². The summed E-state index contributed by atoms with van der Waals surface area (Å²) in [6.07, 6.45) is 1.51. The Kier molecular flexibility index (Phi) is 13.7. The van der Waals surface area contributed by atoms with Gasteiger partial charge in [-0.3, -0.25) is 9.36 Å². The molecule has 1 aromatic heterocycles. The van der Waals surface area contributed by atoms with E-state index in [2.05, 4.69) is 26.0 Å². The first kappa shape index (κ1) is 45.0. The lowest BCUT2D eigenvalue weighted by Crippen LogP contribution is -2.47. The minimum atomic E-state index is -3.99. The number of aromatic amines is 1. The monoisotopic (exact) mass is 905 g/mol. The minimum absolute atomic E-state index is 0.0357. The van der Waals surface area contributed by atoms with E-state index in [-0.39, 0.29) is 48.4 Å². The summed E-state index contributed by atoms with van der Waals surface area (Å²) in [4.78, 5) is 32.3. The zero-order valence-electron chi connectivity index (χ0n) is 36.9. The molecular weight excluding hydrogens is 851 g/mol. The van der Waals surface area contributed by atoms with E-state index in [1.54, 1.807) is 24.3 Å². The molecule has 3 heterocycles. The number of aromatic nitrogens is 2. The summed E-state index contributed by atoms with van der Waals surface area (Å²) in [6.45, 7) is 4.42. The number of nitrogens with zero attached hydrogens (tertiary/aromatic N) is 2. The first-order valence-corrected chi connectivity index (χ1v) is 24.1. The van der Waals surface area contributed by atoms with E-state index in [4.69, 9.17) is 9.47 Å². The van der Waals surface area contributed by atoms with Crippen LogP contribution < -0.4 is 15.7 Å². The normalized spacial score (nSPS) is 18.8. The molecule has 12 nitrogen and oxygen atoms in total. The van der Waals surface area contributed by atoms with E-state index in [0.29, 0.717) is 13.0 Å². The van der Waals surface area contributed by atoms with Crippen molar-refractivity contribution in [2.45, 2.75) is 81.2 Å². The highest BCUT2D eigenvalue weighted by atomic mass is 32.2. The molecule has 0 spiro atoms. The Bertz CT molecular complexity index is 2930. The molecule has 2 fully saturated rings. The number of amides is 1. The van der Waals surface area contributed by atoms with Crippen molar-refractivity contribution < 1.29 is 27.8 Å². The fourth-order valence-corrected chi connectivity index (χ4v) is 10.4. The van der Waals surface area contributed by atoms with Gasteiger partial charge < -0.3 is 29.8 Å². The molecule has 4 atom stereocenters. The Morgan fingerprint density at radius 1 is 0.773 bits per heavy atom. The topological polar surface area (TPSA) is 155 Å². The number of ether oxygens (including phenoxy) is 2. The molecule has 2 saturated heterocycles. The van der Waals surface area contributed by atoms with Crippen LogP contribution >= 0.6 is 0 Å². The van der Waals surface area contributed by atoms with Crippen LogP contribution in [0.1, 0.15) is 71.1 Å². The van der Waals surface area contributed by atoms with Crippen molar-refractivity contribution in [1.82, 2.24) is 24.5 Å². The molecule has 2 aliphatic heterocycles. The third-order valence-electron chi connectivity index (χ3n) is 12.7. The zero-order valence-corrected chi connectivity index (χ0v) is 37.7. The Morgan fingerprint density at radius 2 is 1.47 bits per heavy atom. The van der Waals surface area contributed by atoms with E-state index < -0.39 is 28.3 Å². The predicted molar refractivity (Wildman–Crippen MR) is 255 cm³/mol. The standard InChI is InChI=1S/C53H55N5O7S/c1-36-17-23-46(24-18-36)66(62,63)56-48(30-37-9-3-2-4-10-37)51(60)54-33-39-11-7-12-41(29-39)42-13-8-14-43(31-42)52-64-45(32-50(65-52)40-21-19-38(35-59)20-22-40)34-57-27-25-44(26-28-57)58-49-16-6-5-15-47(49)55-53(58)61/h2-24,29,31,44-45,48,50,52,56,59H,25-28,30,32-35H2,1H3,(H,54,60)(H,55,61). The maximum Gasteiger partial charge on any atom is 0.326 e. The van der Waals surface area contributed by atoms with E-state index in [1.807, 2.05) is 133 Å². The lowest BCUT2D eigenvalue weighted by atomic mass is 9.97. The second-order valence-electron chi connectivity index (χ2n) is 17.4. The van der Waals surface area contributed by atoms with E-state index in [9.17, 15) is 23.1 Å². The molecule has 66 heavy (non-hydrogen) atoms. The van der Waals surface area contributed by atoms with Gasteiger partial charge in [0.15, 0.2) is 6.29 Å². The van der Waals surface area contributed by atoms with Gasteiger partial charge in [-0.05, 0) is 96.0 Å².